The molecule has 0 amide bonds. The van der Waals surface area contributed by atoms with E-state index in [1.807, 2.05) is 0 Å². The summed E-state index contributed by atoms with van der Waals surface area (Å²) in [6, 6.07) is 9.71. The van der Waals surface area contributed by atoms with Crippen LogP contribution in [0.2, 0.25) is 0 Å². The molecule has 0 saturated carbocycles. The third kappa shape index (κ3) is 4.85. The number of carboxylic acid groups (broad SMARTS) is 1. The van der Waals surface area contributed by atoms with E-state index >= 15 is 0 Å². The molecule has 2 rings (SSSR count). The smallest absolute Gasteiger partial charge is 0.545 e. The Bertz CT molecular complexity index is 747. The second-order valence-electron chi connectivity index (χ2n) is 4.15. The molecule has 0 saturated heterocycles. The Morgan fingerprint density at radius 2 is 1.65 bits per heavy atom. The summed E-state index contributed by atoms with van der Waals surface area (Å²) in [6.07, 6.45) is 0. The third-order valence-electron chi connectivity index (χ3n) is 2.74. The quantitative estimate of drug-likeness (QED) is 0.315. The first-order chi connectivity index (χ1) is 10.5. The average Bonchev–Trinajstić information content (AvgIpc) is 2.53. The molecule has 0 radical (unpaired) electrons. The number of benzene rings is 2. The van der Waals surface area contributed by atoms with Crippen LogP contribution in [0.3, 0.4) is 0 Å². The molecule has 0 aliphatic carbocycles. The summed E-state index contributed by atoms with van der Waals surface area (Å²) < 4.78 is 4.90. The van der Waals surface area contributed by atoms with E-state index in [0.29, 0.717) is 11.4 Å². The minimum Gasteiger partial charge on any atom is -0.545 e. The molecule has 0 aromatic heterocycles. The number of aromatic carboxylic acids is 1. The van der Waals surface area contributed by atoms with Crippen LogP contribution in [-0.4, -0.2) is 18.0 Å². The van der Waals surface area contributed by atoms with E-state index in [9.17, 15) is 20.0 Å². The number of carbonyl (C=O) groups excluding carboxylic acids is 1. The van der Waals surface area contributed by atoms with Crippen LogP contribution < -0.4 is 39.4 Å². The number of methoxy groups -OCH3 is 1. The summed E-state index contributed by atoms with van der Waals surface area (Å²) in [4.78, 5) is 21.0. The molecule has 0 unspecified atom stereocenters. The molecular weight excluding hydrogens is 313 g/mol. The molecule has 0 aliphatic rings. The van der Waals surface area contributed by atoms with Gasteiger partial charge < -0.3 is 14.6 Å². The van der Waals surface area contributed by atoms with Crippen molar-refractivity contribution in [3.05, 3.63) is 58.1 Å². The van der Waals surface area contributed by atoms with Crippen molar-refractivity contribution < 1.29 is 49.1 Å². The Labute approximate surface area is 153 Å². The normalized spacial score (nSPS) is 10.1. The molecule has 0 fully saturated rings. The summed E-state index contributed by atoms with van der Waals surface area (Å²) in [7, 11) is 1.35. The predicted octanol–water partition coefficient (Wildman–Crippen LogP) is -0.614. The Kier molecular flexibility index (Phi) is 6.83. The maximum absolute atomic E-state index is 11.0. The molecule has 0 heterocycles. The van der Waals surface area contributed by atoms with Crippen LogP contribution in [0.4, 0.5) is 17.1 Å². The number of ether oxygens (including phenoxy) is 1. The monoisotopic (exact) mass is 323 g/mol. The van der Waals surface area contributed by atoms with Gasteiger partial charge in [0.1, 0.15) is 5.75 Å². The summed E-state index contributed by atoms with van der Waals surface area (Å²) in [5.41, 5.74) is 0.500. The Morgan fingerprint density at radius 1 is 1.09 bits per heavy atom. The van der Waals surface area contributed by atoms with Crippen molar-refractivity contribution in [1.82, 2.24) is 0 Å². The number of hydrogen-bond acceptors (Lipinski definition) is 7. The first kappa shape index (κ1) is 18.8. The van der Waals surface area contributed by atoms with Gasteiger partial charge in [0.15, 0.2) is 0 Å². The van der Waals surface area contributed by atoms with Gasteiger partial charge in [-0.15, -0.1) is 0 Å². The molecule has 112 valence electrons. The summed E-state index contributed by atoms with van der Waals surface area (Å²) in [5, 5.41) is 29.3. The first-order valence-electron chi connectivity index (χ1n) is 6.07. The Morgan fingerprint density at radius 3 is 2.17 bits per heavy atom. The van der Waals surface area contributed by atoms with Crippen molar-refractivity contribution in [2.75, 3.05) is 7.11 Å². The van der Waals surface area contributed by atoms with Gasteiger partial charge in [-0.25, -0.2) is 0 Å². The van der Waals surface area contributed by atoms with Gasteiger partial charge in [-0.2, -0.15) is 10.2 Å². The van der Waals surface area contributed by atoms with E-state index in [-0.39, 0.29) is 46.6 Å². The second-order valence-corrected chi connectivity index (χ2v) is 4.15. The van der Waals surface area contributed by atoms with Gasteiger partial charge in [0.25, 0.3) is 5.69 Å². The van der Waals surface area contributed by atoms with Gasteiger partial charge in [0, 0.05) is 17.7 Å². The molecular formula is C14H10N3NaO5. The standard InChI is InChI=1S/C14H11N3O5.Na/c1-22-13-7-4-10(8-12(13)14(18)19)16-15-9-2-5-11(6-3-9)17(20)21;/h2-8H,1H3,(H,18,19);/q;+1/p-1. The van der Waals surface area contributed by atoms with E-state index in [0.717, 1.165) is 0 Å². The fourth-order valence-electron chi connectivity index (χ4n) is 1.67. The van der Waals surface area contributed by atoms with Crippen LogP contribution in [0, 0.1) is 10.1 Å². The van der Waals surface area contributed by atoms with Crippen molar-refractivity contribution >= 4 is 23.0 Å². The fourth-order valence-corrected chi connectivity index (χ4v) is 1.67. The topological polar surface area (TPSA) is 117 Å². The van der Waals surface area contributed by atoms with Crippen LogP contribution >= 0.6 is 0 Å². The predicted molar refractivity (Wildman–Crippen MR) is 74.6 cm³/mol. The number of nitrogens with zero attached hydrogens (tertiary/aromatic N) is 3. The molecule has 9 heteroatoms. The number of carbonyl (C=O) groups is 1. The number of nitro groups is 1. The largest absolute Gasteiger partial charge is 1.00 e. The van der Waals surface area contributed by atoms with Gasteiger partial charge in [0.2, 0.25) is 0 Å². The first-order valence-corrected chi connectivity index (χ1v) is 6.07. The number of rotatable bonds is 5. The van der Waals surface area contributed by atoms with Gasteiger partial charge in [-0.05, 0) is 30.3 Å². The van der Waals surface area contributed by atoms with Gasteiger partial charge >= 0.3 is 29.6 Å². The minimum absolute atomic E-state index is 0. The van der Waals surface area contributed by atoms with E-state index in [4.69, 9.17) is 4.74 Å². The zero-order valence-electron chi connectivity index (χ0n) is 12.4. The van der Waals surface area contributed by atoms with Crippen LogP contribution in [0.1, 0.15) is 10.4 Å². The molecule has 0 bridgehead atoms. The van der Waals surface area contributed by atoms with Gasteiger partial charge in [0.05, 0.1) is 29.4 Å². The van der Waals surface area contributed by atoms with Gasteiger partial charge in [-0.1, -0.05) is 0 Å². The number of nitro benzene ring substituents is 1. The van der Waals surface area contributed by atoms with Crippen LogP contribution in [-0.2, 0) is 0 Å². The molecule has 0 aliphatic heterocycles. The molecule has 2 aromatic carbocycles. The van der Waals surface area contributed by atoms with Crippen LogP contribution in [0.5, 0.6) is 5.75 Å². The Hall–Kier alpha value is -2.29. The average molecular weight is 323 g/mol. The summed E-state index contributed by atoms with van der Waals surface area (Å²) >= 11 is 0. The van der Waals surface area contributed by atoms with E-state index in [2.05, 4.69) is 10.2 Å². The third-order valence-corrected chi connectivity index (χ3v) is 2.74. The van der Waals surface area contributed by atoms with Crippen molar-refractivity contribution in [3.63, 3.8) is 0 Å². The Balaban J connectivity index is 0.00000264. The maximum atomic E-state index is 11.0. The van der Waals surface area contributed by atoms with Crippen molar-refractivity contribution in [1.29, 1.82) is 0 Å². The zero-order valence-corrected chi connectivity index (χ0v) is 14.4. The molecule has 0 atom stereocenters. The minimum atomic E-state index is -1.38. The molecule has 0 spiro atoms. The van der Waals surface area contributed by atoms with E-state index in [1.54, 1.807) is 0 Å². The van der Waals surface area contributed by atoms with Crippen molar-refractivity contribution in [2.24, 2.45) is 10.2 Å². The molecule has 8 nitrogen and oxygen atoms in total. The second kappa shape index (κ2) is 8.37. The maximum Gasteiger partial charge on any atom is 1.00 e. The van der Waals surface area contributed by atoms with Crippen molar-refractivity contribution in [3.8, 4) is 5.75 Å². The SMILES string of the molecule is COc1ccc(N=Nc2ccc([N+](=O)[O-])cc2)cc1C(=O)[O-].[Na+]. The molecule has 0 N–H and O–H groups in total. The van der Waals surface area contributed by atoms with Crippen LogP contribution in [0.25, 0.3) is 0 Å². The number of hydrogen-bond donors (Lipinski definition) is 0. The molecule has 23 heavy (non-hydrogen) atoms. The number of azo groups is 1. The van der Waals surface area contributed by atoms with Gasteiger partial charge in [-0.3, -0.25) is 10.1 Å². The van der Waals surface area contributed by atoms with E-state index < -0.39 is 10.9 Å². The number of non-ortho nitro benzene ring substituents is 1. The molecule has 2 aromatic rings. The van der Waals surface area contributed by atoms with Crippen molar-refractivity contribution in [2.45, 2.75) is 0 Å². The summed E-state index contributed by atoms with van der Waals surface area (Å²) in [5.74, 6) is -1.22. The van der Waals surface area contributed by atoms with E-state index in [1.165, 1.54) is 49.6 Å². The zero-order chi connectivity index (χ0) is 16.1. The van der Waals surface area contributed by atoms with Crippen LogP contribution in [0.15, 0.2) is 52.7 Å². The summed E-state index contributed by atoms with van der Waals surface area (Å²) in [6.45, 7) is 0. The fraction of sp³-hybridized carbons (Fsp3) is 0.0714. The number of carboxylic acids is 1.